The van der Waals surface area contributed by atoms with Crippen molar-refractivity contribution < 1.29 is 19.8 Å². The molecule has 2 unspecified atom stereocenters. The zero-order valence-electron chi connectivity index (χ0n) is 11.3. The van der Waals surface area contributed by atoms with Crippen LogP contribution in [0.3, 0.4) is 0 Å². The Morgan fingerprint density at radius 2 is 1.84 bits per heavy atom. The maximum Gasteiger partial charge on any atom is 0.326 e. The first-order valence-corrected chi connectivity index (χ1v) is 7.28. The Kier molecular flexibility index (Phi) is 4.80. The Balaban J connectivity index is 1.82. The fourth-order valence-electron chi connectivity index (χ4n) is 3.27. The largest absolute Gasteiger partial charge is 0.480 e. The standard InChI is InChI=1S/C14H23NO4/c16-11-8-12(14(18)19)15(9-11)13(17)7-6-10-4-2-1-3-5-10/h10-12,16H,1-9H2,(H,18,19). The average Bonchev–Trinajstić information content (AvgIpc) is 2.79. The van der Waals surface area contributed by atoms with Crippen molar-refractivity contribution in [3.8, 4) is 0 Å². The molecule has 0 radical (unpaired) electrons. The number of aliphatic carboxylic acids is 1. The number of carboxylic acids is 1. The third-order valence-corrected chi connectivity index (χ3v) is 4.38. The Hall–Kier alpha value is -1.10. The van der Waals surface area contributed by atoms with Crippen molar-refractivity contribution in [3.05, 3.63) is 0 Å². The summed E-state index contributed by atoms with van der Waals surface area (Å²) >= 11 is 0. The van der Waals surface area contributed by atoms with Crippen LogP contribution in [0.4, 0.5) is 0 Å². The van der Waals surface area contributed by atoms with Gasteiger partial charge in [-0.15, -0.1) is 0 Å². The number of likely N-dealkylation sites (tertiary alicyclic amines) is 1. The van der Waals surface area contributed by atoms with Gasteiger partial charge in [0.05, 0.1) is 6.10 Å². The summed E-state index contributed by atoms with van der Waals surface area (Å²) in [5.74, 6) is -0.509. The van der Waals surface area contributed by atoms with Crippen LogP contribution in [-0.2, 0) is 9.59 Å². The molecule has 0 bridgehead atoms. The second-order valence-electron chi connectivity index (χ2n) is 5.83. The number of aliphatic hydroxyl groups excluding tert-OH is 1. The molecule has 2 fully saturated rings. The van der Waals surface area contributed by atoms with E-state index in [0.717, 1.165) is 6.42 Å². The van der Waals surface area contributed by atoms with E-state index in [2.05, 4.69) is 0 Å². The molecule has 2 N–H and O–H groups in total. The summed E-state index contributed by atoms with van der Waals surface area (Å²) in [5, 5.41) is 18.6. The number of amides is 1. The zero-order valence-corrected chi connectivity index (χ0v) is 11.3. The van der Waals surface area contributed by atoms with Gasteiger partial charge in [0.25, 0.3) is 0 Å². The van der Waals surface area contributed by atoms with Crippen LogP contribution < -0.4 is 0 Å². The van der Waals surface area contributed by atoms with Crippen LogP contribution in [0.1, 0.15) is 51.4 Å². The van der Waals surface area contributed by atoms with Crippen LogP contribution in [0.5, 0.6) is 0 Å². The third-order valence-electron chi connectivity index (χ3n) is 4.38. The van der Waals surface area contributed by atoms with Crippen molar-refractivity contribution in [2.24, 2.45) is 5.92 Å². The number of hydrogen-bond donors (Lipinski definition) is 2. The number of carbonyl (C=O) groups is 2. The van der Waals surface area contributed by atoms with Crippen LogP contribution in [0.25, 0.3) is 0 Å². The van der Waals surface area contributed by atoms with Gasteiger partial charge in [-0.05, 0) is 12.3 Å². The number of carbonyl (C=O) groups excluding carboxylic acids is 1. The summed E-state index contributed by atoms with van der Waals surface area (Å²) in [6.45, 7) is 0.167. The maximum absolute atomic E-state index is 12.1. The SMILES string of the molecule is O=C(O)C1CC(O)CN1C(=O)CCC1CCCCC1. The van der Waals surface area contributed by atoms with E-state index in [1.54, 1.807) is 0 Å². The second kappa shape index (κ2) is 6.37. The van der Waals surface area contributed by atoms with E-state index in [1.165, 1.54) is 37.0 Å². The van der Waals surface area contributed by atoms with Crippen molar-refractivity contribution in [2.45, 2.75) is 63.5 Å². The lowest BCUT2D eigenvalue weighted by Crippen LogP contribution is -2.40. The lowest BCUT2D eigenvalue weighted by Gasteiger charge is -2.24. The van der Waals surface area contributed by atoms with E-state index in [1.807, 2.05) is 0 Å². The predicted octanol–water partition coefficient (Wildman–Crippen LogP) is 1.39. The highest BCUT2D eigenvalue weighted by atomic mass is 16.4. The monoisotopic (exact) mass is 269 g/mol. The van der Waals surface area contributed by atoms with Crippen molar-refractivity contribution >= 4 is 11.9 Å². The first-order chi connectivity index (χ1) is 9.08. The molecule has 0 aromatic heterocycles. The first-order valence-electron chi connectivity index (χ1n) is 7.28. The number of rotatable bonds is 4. The normalized spacial score (nSPS) is 28.6. The van der Waals surface area contributed by atoms with Gasteiger partial charge in [0.15, 0.2) is 0 Å². The summed E-state index contributed by atoms with van der Waals surface area (Å²) in [7, 11) is 0. The number of aliphatic hydroxyl groups is 1. The fourth-order valence-corrected chi connectivity index (χ4v) is 3.27. The van der Waals surface area contributed by atoms with Crippen molar-refractivity contribution in [1.82, 2.24) is 4.90 Å². The highest BCUT2D eigenvalue weighted by Gasteiger charge is 2.38. The van der Waals surface area contributed by atoms with Crippen molar-refractivity contribution in [1.29, 1.82) is 0 Å². The molecule has 0 aromatic carbocycles. The first kappa shape index (κ1) is 14.3. The Morgan fingerprint density at radius 3 is 2.47 bits per heavy atom. The van der Waals surface area contributed by atoms with Crippen molar-refractivity contribution in [3.63, 3.8) is 0 Å². The van der Waals surface area contributed by atoms with Gasteiger partial charge in [0.2, 0.25) is 5.91 Å². The second-order valence-corrected chi connectivity index (χ2v) is 5.83. The van der Waals surface area contributed by atoms with E-state index in [9.17, 15) is 14.7 Å². The van der Waals surface area contributed by atoms with E-state index in [-0.39, 0.29) is 18.9 Å². The minimum absolute atomic E-state index is 0.116. The quantitative estimate of drug-likeness (QED) is 0.808. The van der Waals surface area contributed by atoms with E-state index < -0.39 is 18.1 Å². The molecule has 2 atom stereocenters. The zero-order chi connectivity index (χ0) is 13.8. The van der Waals surface area contributed by atoms with Gasteiger partial charge in [-0.2, -0.15) is 0 Å². The molecule has 2 aliphatic rings. The Morgan fingerprint density at radius 1 is 1.16 bits per heavy atom. The molecule has 1 heterocycles. The summed E-state index contributed by atoms with van der Waals surface area (Å²) in [4.78, 5) is 24.5. The minimum Gasteiger partial charge on any atom is -0.480 e. The summed E-state index contributed by atoms with van der Waals surface area (Å²) in [5.41, 5.74) is 0. The molecule has 2 rings (SSSR count). The lowest BCUT2D eigenvalue weighted by molar-refractivity contribution is -0.148. The highest BCUT2D eigenvalue weighted by Crippen LogP contribution is 2.28. The molecular weight excluding hydrogens is 246 g/mol. The van der Waals surface area contributed by atoms with E-state index in [4.69, 9.17) is 5.11 Å². The van der Waals surface area contributed by atoms with E-state index in [0.29, 0.717) is 12.3 Å². The molecule has 1 saturated carbocycles. The van der Waals surface area contributed by atoms with Gasteiger partial charge in [-0.3, -0.25) is 4.79 Å². The van der Waals surface area contributed by atoms with Gasteiger partial charge in [0, 0.05) is 19.4 Å². The van der Waals surface area contributed by atoms with Crippen molar-refractivity contribution in [2.75, 3.05) is 6.54 Å². The molecule has 0 aromatic rings. The summed E-state index contributed by atoms with van der Waals surface area (Å²) < 4.78 is 0. The minimum atomic E-state index is -1.01. The van der Waals surface area contributed by atoms with Crippen LogP contribution in [-0.4, -0.2) is 45.7 Å². The van der Waals surface area contributed by atoms with E-state index >= 15 is 0 Å². The Labute approximate surface area is 113 Å². The predicted molar refractivity (Wildman–Crippen MR) is 69.6 cm³/mol. The highest BCUT2D eigenvalue weighted by molar-refractivity contribution is 5.84. The molecule has 0 spiro atoms. The van der Waals surface area contributed by atoms with Crippen LogP contribution in [0.2, 0.25) is 0 Å². The number of nitrogens with zero attached hydrogens (tertiary/aromatic N) is 1. The van der Waals surface area contributed by atoms with Crippen LogP contribution in [0.15, 0.2) is 0 Å². The van der Waals surface area contributed by atoms with Gasteiger partial charge < -0.3 is 15.1 Å². The summed E-state index contributed by atoms with van der Waals surface area (Å²) in [6.07, 6.45) is 6.92. The number of carboxylic acid groups (broad SMARTS) is 1. The molecule has 5 heteroatoms. The van der Waals surface area contributed by atoms with Crippen LogP contribution >= 0.6 is 0 Å². The Bertz CT molecular complexity index is 338. The number of β-amino-alcohol motifs (C(OH)–C–C–N with tert-alkyl or cyclic N) is 1. The summed E-state index contributed by atoms with van der Waals surface area (Å²) in [6, 6.07) is -0.839. The van der Waals surface area contributed by atoms with Gasteiger partial charge in [-0.1, -0.05) is 32.1 Å². The molecular formula is C14H23NO4. The number of hydrogen-bond acceptors (Lipinski definition) is 3. The van der Waals surface area contributed by atoms with Crippen LogP contribution in [0, 0.1) is 5.92 Å². The molecule has 1 saturated heterocycles. The topological polar surface area (TPSA) is 77.8 Å². The van der Waals surface area contributed by atoms with Gasteiger partial charge >= 0.3 is 5.97 Å². The molecule has 5 nitrogen and oxygen atoms in total. The molecule has 108 valence electrons. The van der Waals surface area contributed by atoms with Gasteiger partial charge in [0.1, 0.15) is 6.04 Å². The lowest BCUT2D eigenvalue weighted by atomic mass is 9.86. The third kappa shape index (κ3) is 3.69. The average molecular weight is 269 g/mol. The van der Waals surface area contributed by atoms with Gasteiger partial charge in [-0.25, -0.2) is 4.79 Å². The molecule has 1 aliphatic carbocycles. The maximum atomic E-state index is 12.1. The molecule has 19 heavy (non-hydrogen) atoms. The fraction of sp³-hybridized carbons (Fsp3) is 0.857. The molecule has 1 amide bonds. The molecule has 1 aliphatic heterocycles. The smallest absolute Gasteiger partial charge is 0.326 e.